The Kier molecular flexibility index (Phi) is 6.63. The van der Waals surface area contributed by atoms with Gasteiger partial charge in [0.2, 0.25) is 5.91 Å². The number of nitrogens with one attached hydrogen (secondary N) is 3. The zero-order valence-electron chi connectivity index (χ0n) is 16.2. The molecule has 1 aromatic heterocycles. The number of carbonyl (C=O) groups is 2. The molecular weight excluding hydrogens is 376 g/mol. The molecule has 0 saturated heterocycles. The van der Waals surface area contributed by atoms with E-state index in [1.807, 2.05) is 18.2 Å². The molecule has 0 unspecified atom stereocenters. The van der Waals surface area contributed by atoms with Gasteiger partial charge in [-0.1, -0.05) is 35.5 Å². The van der Waals surface area contributed by atoms with Crippen LogP contribution in [0.2, 0.25) is 0 Å². The number of amides is 3. The third-order valence-electron chi connectivity index (χ3n) is 4.48. The number of benzene rings is 1. The summed E-state index contributed by atoms with van der Waals surface area (Å²) in [6, 6.07) is 8.10. The Morgan fingerprint density at radius 2 is 1.90 bits per heavy atom. The SMILES string of the molecule is Cc1noc(C)c1NC(=O)N[C@@H]1C=C[C@@H](CC(=O)Nc2ccccc2)O[C@@H]1CO. The van der Waals surface area contributed by atoms with Crippen molar-refractivity contribution in [3.63, 3.8) is 0 Å². The van der Waals surface area contributed by atoms with E-state index in [-0.39, 0.29) is 18.9 Å². The van der Waals surface area contributed by atoms with Gasteiger partial charge in [-0.05, 0) is 26.0 Å². The maximum Gasteiger partial charge on any atom is 0.319 e. The molecular formula is C20H24N4O5. The molecule has 1 aromatic carbocycles. The average Bonchev–Trinajstić information content (AvgIpc) is 3.01. The monoisotopic (exact) mass is 400 g/mol. The van der Waals surface area contributed by atoms with Crippen molar-refractivity contribution in [3.8, 4) is 0 Å². The maximum absolute atomic E-state index is 12.3. The molecule has 0 saturated carbocycles. The van der Waals surface area contributed by atoms with E-state index >= 15 is 0 Å². The largest absolute Gasteiger partial charge is 0.394 e. The molecule has 2 heterocycles. The van der Waals surface area contributed by atoms with Crippen molar-refractivity contribution in [2.24, 2.45) is 0 Å². The number of urea groups is 1. The lowest BCUT2D eigenvalue weighted by atomic mass is 10.0. The van der Waals surface area contributed by atoms with Gasteiger partial charge in [-0.3, -0.25) is 4.79 Å². The normalized spacial score (nSPS) is 20.9. The summed E-state index contributed by atoms with van der Waals surface area (Å²) >= 11 is 0. The highest BCUT2D eigenvalue weighted by Crippen LogP contribution is 2.20. The van der Waals surface area contributed by atoms with Crippen molar-refractivity contribution in [1.29, 1.82) is 0 Å². The molecule has 2 aromatic rings. The van der Waals surface area contributed by atoms with Gasteiger partial charge in [-0.25, -0.2) is 4.79 Å². The lowest BCUT2D eigenvalue weighted by molar-refractivity contribution is -0.120. The number of hydrogen-bond donors (Lipinski definition) is 4. The molecule has 0 spiro atoms. The van der Waals surface area contributed by atoms with Crippen LogP contribution < -0.4 is 16.0 Å². The number of aliphatic hydroxyl groups excluding tert-OH is 1. The summed E-state index contributed by atoms with van der Waals surface area (Å²) in [5.74, 6) is 0.293. The van der Waals surface area contributed by atoms with Crippen LogP contribution in [0, 0.1) is 13.8 Å². The minimum absolute atomic E-state index is 0.0971. The Bertz CT molecular complexity index is 861. The van der Waals surface area contributed by atoms with E-state index in [4.69, 9.17) is 9.26 Å². The summed E-state index contributed by atoms with van der Waals surface area (Å²) in [7, 11) is 0. The fourth-order valence-electron chi connectivity index (χ4n) is 3.01. The third-order valence-corrected chi connectivity index (χ3v) is 4.48. The smallest absolute Gasteiger partial charge is 0.319 e. The van der Waals surface area contributed by atoms with Crippen LogP contribution in [0.5, 0.6) is 0 Å². The number of anilines is 2. The topological polar surface area (TPSA) is 126 Å². The zero-order chi connectivity index (χ0) is 20.8. The van der Waals surface area contributed by atoms with Gasteiger partial charge >= 0.3 is 6.03 Å². The van der Waals surface area contributed by atoms with Crippen molar-refractivity contribution in [3.05, 3.63) is 53.9 Å². The van der Waals surface area contributed by atoms with Crippen LogP contribution in [0.4, 0.5) is 16.2 Å². The third kappa shape index (κ3) is 5.43. The molecule has 29 heavy (non-hydrogen) atoms. The van der Waals surface area contributed by atoms with Crippen LogP contribution in [0.3, 0.4) is 0 Å². The molecule has 154 valence electrons. The molecule has 1 aliphatic heterocycles. The van der Waals surface area contributed by atoms with E-state index in [1.54, 1.807) is 38.1 Å². The first-order valence-corrected chi connectivity index (χ1v) is 9.26. The van der Waals surface area contributed by atoms with Gasteiger partial charge in [0.15, 0.2) is 5.76 Å². The first-order valence-electron chi connectivity index (χ1n) is 9.26. The number of ether oxygens (including phenoxy) is 1. The van der Waals surface area contributed by atoms with Gasteiger partial charge in [0.25, 0.3) is 0 Å². The maximum atomic E-state index is 12.3. The fourth-order valence-corrected chi connectivity index (χ4v) is 3.01. The highest BCUT2D eigenvalue weighted by molar-refractivity contribution is 5.91. The Balaban J connectivity index is 1.55. The minimum atomic E-state index is -0.676. The molecule has 0 fully saturated rings. The standard InChI is InChI=1S/C20H24N4O5/c1-12-19(13(2)29-24-12)23-20(27)22-16-9-8-15(28-17(16)11-25)10-18(26)21-14-6-4-3-5-7-14/h3-9,15-17,25H,10-11H2,1-2H3,(H,21,26)(H2,22,23,27)/t15-,16+,17+/m0/s1. The number of para-hydroxylation sites is 1. The molecule has 0 radical (unpaired) electrons. The van der Waals surface area contributed by atoms with E-state index in [9.17, 15) is 14.7 Å². The van der Waals surface area contributed by atoms with Gasteiger partial charge in [0, 0.05) is 5.69 Å². The van der Waals surface area contributed by atoms with Crippen LogP contribution in [-0.4, -0.2) is 47.1 Å². The number of aryl methyl sites for hydroxylation is 2. The summed E-state index contributed by atoms with van der Waals surface area (Å²) in [6.45, 7) is 3.11. The Morgan fingerprint density at radius 1 is 1.14 bits per heavy atom. The van der Waals surface area contributed by atoms with Crippen LogP contribution in [0.1, 0.15) is 17.9 Å². The summed E-state index contributed by atoms with van der Waals surface area (Å²) in [4.78, 5) is 24.5. The van der Waals surface area contributed by atoms with E-state index in [0.29, 0.717) is 22.8 Å². The molecule has 3 amide bonds. The lowest BCUT2D eigenvalue weighted by Gasteiger charge is -2.31. The molecule has 9 heteroatoms. The Morgan fingerprint density at radius 3 is 2.55 bits per heavy atom. The lowest BCUT2D eigenvalue weighted by Crippen LogP contribution is -2.50. The number of aliphatic hydroxyl groups is 1. The average molecular weight is 400 g/mol. The number of rotatable bonds is 6. The molecule has 0 aliphatic carbocycles. The summed E-state index contributed by atoms with van der Waals surface area (Å²) in [5.41, 5.74) is 1.77. The van der Waals surface area contributed by atoms with Crippen LogP contribution in [-0.2, 0) is 9.53 Å². The molecule has 3 rings (SSSR count). The van der Waals surface area contributed by atoms with E-state index in [2.05, 4.69) is 21.1 Å². The number of nitrogens with zero attached hydrogens (tertiary/aromatic N) is 1. The van der Waals surface area contributed by atoms with Crippen molar-refractivity contribution in [2.45, 2.75) is 38.5 Å². The van der Waals surface area contributed by atoms with Gasteiger partial charge in [0.1, 0.15) is 17.5 Å². The second-order valence-corrected chi connectivity index (χ2v) is 6.72. The number of hydrogen-bond acceptors (Lipinski definition) is 6. The highest BCUT2D eigenvalue weighted by atomic mass is 16.5. The Hall–Kier alpha value is -3.17. The van der Waals surface area contributed by atoms with Crippen LogP contribution in [0.25, 0.3) is 0 Å². The summed E-state index contributed by atoms with van der Waals surface area (Å²) in [6.07, 6.45) is 2.35. The fraction of sp³-hybridized carbons (Fsp3) is 0.350. The van der Waals surface area contributed by atoms with E-state index < -0.39 is 24.3 Å². The van der Waals surface area contributed by atoms with Gasteiger partial charge in [0.05, 0.1) is 25.2 Å². The molecule has 0 bridgehead atoms. The van der Waals surface area contributed by atoms with Crippen molar-refractivity contribution >= 4 is 23.3 Å². The second-order valence-electron chi connectivity index (χ2n) is 6.72. The molecule has 9 nitrogen and oxygen atoms in total. The molecule has 4 N–H and O–H groups in total. The van der Waals surface area contributed by atoms with Crippen molar-refractivity contribution in [2.75, 3.05) is 17.2 Å². The van der Waals surface area contributed by atoms with E-state index in [0.717, 1.165) is 0 Å². The first kappa shape index (κ1) is 20.6. The quantitative estimate of drug-likeness (QED) is 0.551. The van der Waals surface area contributed by atoms with Crippen LogP contribution in [0.15, 0.2) is 47.0 Å². The zero-order valence-corrected chi connectivity index (χ0v) is 16.2. The number of aromatic nitrogens is 1. The predicted octanol–water partition coefficient (Wildman–Crippen LogP) is 2.13. The van der Waals surface area contributed by atoms with Gasteiger partial charge in [-0.15, -0.1) is 0 Å². The van der Waals surface area contributed by atoms with E-state index in [1.165, 1.54) is 0 Å². The van der Waals surface area contributed by atoms with Crippen molar-refractivity contribution in [1.82, 2.24) is 10.5 Å². The summed E-state index contributed by atoms with van der Waals surface area (Å²) in [5, 5.41) is 21.6. The first-order chi connectivity index (χ1) is 14.0. The van der Waals surface area contributed by atoms with Gasteiger partial charge in [-0.2, -0.15) is 0 Å². The molecule has 1 aliphatic rings. The highest BCUT2D eigenvalue weighted by Gasteiger charge is 2.29. The van der Waals surface area contributed by atoms with Crippen LogP contribution >= 0.6 is 0 Å². The second kappa shape index (κ2) is 9.35. The number of carbonyl (C=O) groups excluding carboxylic acids is 2. The predicted molar refractivity (Wildman–Crippen MR) is 106 cm³/mol. The van der Waals surface area contributed by atoms with Gasteiger partial charge < -0.3 is 30.3 Å². The Labute approximate surface area is 168 Å². The van der Waals surface area contributed by atoms with Crippen molar-refractivity contribution < 1.29 is 24.0 Å². The minimum Gasteiger partial charge on any atom is -0.394 e. The summed E-state index contributed by atoms with van der Waals surface area (Å²) < 4.78 is 10.8. The molecule has 3 atom stereocenters.